The minimum atomic E-state index is -4.17. The van der Waals surface area contributed by atoms with Crippen molar-refractivity contribution in [1.29, 1.82) is 0 Å². The number of nitrogens with zero attached hydrogens (tertiary/aromatic N) is 1. The lowest BCUT2D eigenvalue weighted by Gasteiger charge is -2.11. The molecule has 8 heteroatoms. The van der Waals surface area contributed by atoms with Crippen LogP contribution in [0.1, 0.15) is 24.0 Å². The monoisotopic (exact) mass is 306 g/mol. The van der Waals surface area contributed by atoms with Crippen molar-refractivity contribution in [2.75, 3.05) is 13.7 Å². The highest BCUT2D eigenvalue weighted by Crippen LogP contribution is 2.23. The number of halogens is 3. The molecule has 0 aliphatic rings. The molecule has 3 N–H and O–H groups in total. The number of hydrogen-bond acceptors (Lipinski definition) is 4. The van der Waals surface area contributed by atoms with Crippen molar-refractivity contribution in [2.45, 2.75) is 25.6 Å². The molecular formula is C13H17F3N2O3. The highest BCUT2D eigenvalue weighted by Gasteiger charge is 2.25. The number of oxime groups is 1. The quantitative estimate of drug-likeness (QED) is 0.267. The maximum absolute atomic E-state index is 12.0. The van der Waals surface area contributed by atoms with E-state index in [0.29, 0.717) is 16.9 Å². The average Bonchev–Trinajstić information content (AvgIpc) is 2.44. The molecule has 0 fully saturated rings. The molecule has 0 heterocycles. The van der Waals surface area contributed by atoms with Crippen LogP contribution in [0.25, 0.3) is 0 Å². The molecule has 1 aromatic carbocycles. The van der Waals surface area contributed by atoms with Crippen LogP contribution in [0.2, 0.25) is 0 Å². The second-order valence-corrected chi connectivity index (χ2v) is 4.28. The summed E-state index contributed by atoms with van der Waals surface area (Å²) in [5, 5.41) is 11.5. The van der Waals surface area contributed by atoms with Crippen LogP contribution in [0.15, 0.2) is 23.4 Å². The van der Waals surface area contributed by atoms with E-state index in [0.717, 1.165) is 0 Å². The topological polar surface area (TPSA) is 77.1 Å². The highest BCUT2D eigenvalue weighted by molar-refractivity contribution is 5.97. The summed E-state index contributed by atoms with van der Waals surface area (Å²) in [6.07, 6.45) is -5.16. The molecule has 0 aromatic heterocycles. The van der Waals surface area contributed by atoms with E-state index in [4.69, 9.17) is 20.4 Å². The van der Waals surface area contributed by atoms with Crippen molar-refractivity contribution in [2.24, 2.45) is 10.9 Å². The number of benzene rings is 1. The Morgan fingerprint density at radius 1 is 1.38 bits per heavy atom. The van der Waals surface area contributed by atoms with Gasteiger partial charge in [-0.1, -0.05) is 5.16 Å². The van der Waals surface area contributed by atoms with E-state index in [1.807, 2.05) is 0 Å². The molecule has 0 aliphatic carbocycles. The molecule has 0 spiro atoms. The number of nitrogens with two attached hydrogens (primary N) is 1. The van der Waals surface area contributed by atoms with Gasteiger partial charge in [-0.15, -0.1) is 0 Å². The summed E-state index contributed by atoms with van der Waals surface area (Å²) in [7, 11) is 1.46. The van der Waals surface area contributed by atoms with Crippen molar-refractivity contribution in [3.63, 3.8) is 0 Å². The second kappa shape index (κ2) is 7.72. The zero-order chi connectivity index (χ0) is 15.9. The molecular weight excluding hydrogens is 289 g/mol. The average molecular weight is 306 g/mol. The molecule has 0 saturated carbocycles. The molecule has 1 aromatic rings. The molecule has 0 atom stereocenters. The van der Waals surface area contributed by atoms with Crippen LogP contribution in [0.4, 0.5) is 13.2 Å². The Morgan fingerprint density at radius 3 is 2.67 bits per heavy atom. The van der Waals surface area contributed by atoms with Gasteiger partial charge in [0.25, 0.3) is 0 Å². The first-order valence-corrected chi connectivity index (χ1v) is 6.16. The second-order valence-electron chi connectivity index (χ2n) is 4.28. The molecule has 0 unspecified atom stereocenters. The summed E-state index contributed by atoms with van der Waals surface area (Å²) in [6.45, 7) is 0.0596. The van der Waals surface area contributed by atoms with Crippen LogP contribution >= 0.6 is 0 Å². The first kappa shape index (κ1) is 17.1. The molecule has 0 radical (unpaired) electrons. The maximum atomic E-state index is 12.0. The van der Waals surface area contributed by atoms with Gasteiger partial charge in [0.1, 0.15) is 5.75 Å². The molecule has 1 rings (SSSR count). The zero-order valence-corrected chi connectivity index (χ0v) is 11.5. The zero-order valence-electron chi connectivity index (χ0n) is 11.5. The fourth-order valence-electron chi connectivity index (χ4n) is 1.67. The summed E-state index contributed by atoms with van der Waals surface area (Å²) in [5.41, 5.74) is 6.54. The first-order valence-electron chi connectivity index (χ1n) is 6.16. The van der Waals surface area contributed by atoms with Gasteiger partial charge in [-0.2, -0.15) is 13.2 Å². The minimum absolute atomic E-state index is 0.0174. The summed E-state index contributed by atoms with van der Waals surface area (Å²) < 4.78 is 46.3. The largest absolute Gasteiger partial charge is 0.496 e. The Kier molecular flexibility index (Phi) is 6.29. The Balaban J connectivity index is 2.60. The Bertz CT molecular complexity index is 490. The van der Waals surface area contributed by atoms with Gasteiger partial charge in [0.05, 0.1) is 13.7 Å². The van der Waals surface area contributed by atoms with E-state index in [2.05, 4.69) is 5.16 Å². The SMILES string of the molecule is COc1ccc(/C(N)=N/O)cc1COCCCC(F)(F)F. The number of amidine groups is 1. The van der Waals surface area contributed by atoms with Gasteiger partial charge < -0.3 is 20.4 Å². The standard InChI is InChI=1S/C13H17F3N2O3/c1-20-11-4-3-9(12(17)18-19)7-10(11)8-21-6-2-5-13(14,15)16/h3-4,7,19H,2,5-6,8H2,1H3,(H2,17,18). The fourth-order valence-corrected chi connectivity index (χ4v) is 1.67. The van der Waals surface area contributed by atoms with Crippen molar-refractivity contribution in [3.8, 4) is 5.75 Å². The minimum Gasteiger partial charge on any atom is -0.496 e. The molecule has 0 bridgehead atoms. The van der Waals surface area contributed by atoms with E-state index in [1.54, 1.807) is 18.2 Å². The number of methoxy groups -OCH3 is 1. The molecule has 21 heavy (non-hydrogen) atoms. The highest BCUT2D eigenvalue weighted by atomic mass is 19.4. The van der Waals surface area contributed by atoms with Gasteiger partial charge in [-0.3, -0.25) is 0 Å². The number of rotatable bonds is 7. The van der Waals surface area contributed by atoms with Crippen LogP contribution in [-0.2, 0) is 11.3 Å². The first-order chi connectivity index (χ1) is 9.87. The maximum Gasteiger partial charge on any atom is 0.389 e. The van der Waals surface area contributed by atoms with Crippen LogP contribution in [-0.4, -0.2) is 30.9 Å². The van der Waals surface area contributed by atoms with E-state index in [9.17, 15) is 13.2 Å². The van der Waals surface area contributed by atoms with Gasteiger partial charge >= 0.3 is 6.18 Å². The number of alkyl halides is 3. The Morgan fingerprint density at radius 2 is 2.10 bits per heavy atom. The molecule has 0 aliphatic heterocycles. The van der Waals surface area contributed by atoms with Gasteiger partial charge in [0.15, 0.2) is 5.84 Å². The molecule has 0 saturated heterocycles. The van der Waals surface area contributed by atoms with E-state index in [1.165, 1.54) is 7.11 Å². The molecule has 118 valence electrons. The number of ether oxygens (including phenoxy) is 2. The molecule has 5 nitrogen and oxygen atoms in total. The summed E-state index contributed by atoms with van der Waals surface area (Å²) >= 11 is 0. The van der Waals surface area contributed by atoms with Gasteiger partial charge in [-0.25, -0.2) is 0 Å². The molecule has 0 amide bonds. The predicted octanol–water partition coefficient (Wildman–Crippen LogP) is 2.65. The van der Waals surface area contributed by atoms with Crippen molar-refractivity contribution >= 4 is 5.84 Å². The van der Waals surface area contributed by atoms with Gasteiger partial charge in [0, 0.05) is 24.2 Å². The number of hydrogen-bond donors (Lipinski definition) is 2. The smallest absolute Gasteiger partial charge is 0.389 e. The summed E-state index contributed by atoms with van der Waals surface area (Å²) in [5.74, 6) is 0.441. The Hall–Kier alpha value is -1.96. The summed E-state index contributed by atoms with van der Waals surface area (Å²) in [6, 6.07) is 4.81. The predicted molar refractivity (Wildman–Crippen MR) is 70.4 cm³/mol. The van der Waals surface area contributed by atoms with Gasteiger partial charge in [-0.05, 0) is 24.6 Å². The van der Waals surface area contributed by atoms with Crippen LogP contribution in [0.3, 0.4) is 0 Å². The van der Waals surface area contributed by atoms with Crippen molar-refractivity contribution < 1.29 is 27.9 Å². The van der Waals surface area contributed by atoms with Crippen molar-refractivity contribution in [1.82, 2.24) is 0 Å². The van der Waals surface area contributed by atoms with Crippen molar-refractivity contribution in [3.05, 3.63) is 29.3 Å². The van der Waals surface area contributed by atoms with E-state index in [-0.39, 0.29) is 25.5 Å². The normalized spacial score (nSPS) is 12.5. The lowest BCUT2D eigenvalue weighted by molar-refractivity contribution is -0.138. The third-order valence-corrected chi connectivity index (χ3v) is 2.69. The third kappa shape index (κ3) is 5.90. The Labute approximate surface area is 120 Å². The lowest BCUT2D eigenvalue weighted by Crippen LogP contribution is -2.14. The van der Waals surface area contributed by atoms with Crippen LogP contribution < -0.4 is 10.5 Å². The van der Waals surface area contributed by atoms with Crippen LogP contribution in [0.5, 0.6) is 5.75 Å². The van der Waals surface area contributed by atoms with E-state index < -0.39 is 12.6 Å². The van der Waals surface area contributed by atoms with Crippen LogP contribution in [0, 0.1) is 0 Å². The third-order valence-electron chi connectivity index (χ3n) is 2.69. The fraction of sp³-hybridized carbons (Fsp3) is 0.462. The summed E-state index contributed by atoms with van der Waals surface area (Å²) in [4.78, 5) is 0. The van der Waals surface area contributed by atoms with E-state index >= 15 is 0 Å². The lowest BCUT2D eigenvalue weighted by atomic mass is 10.1. The van der Waals surface area contributed by atoms with Gasteiger partial charge in [0.2, 0.25) is 0 Å².